The van der Waals surface area contributed by atoms with Gasteiger partial charge in [0, 0.05) is 0 Å². The van der Waals surface area contributed by atoms with Crippen molar-refractivity contribution in [1.29, 1.82) is 0 Å². The van der Waals surface area contributed by atoms with Crippen molar-refractivity contribution in [2.24, 2.45) is 0 Å². The maximum Gasteiger partial charge on any atom is 0.329 e. The molecule has 0 bridgehead atoms. The van der Waals surface area contributed by atoms with Crippen molar-refractivity contribution in [2.75, 3.05) is 6.54 Å². The number of hydrogen-bond donors (Lipinski definition) is 3. The van der Waals surface area contributed by atoms with E-state index in [4.69, 9.17) is 0 Å². The highest BCUT2D eigenvalue weighted by molar-refractivity contribution is 5.89. The summed E-state index contributed by atoms with van der Waals surface area (Å²) in [5, 5.41) is 15.1. The van der Waals surface area contributed by atoms with Crippen molar-refractivity contribution >= 4 is 11.9 Å². The molecule has 1 heterocycles. The van der Waals surface area contributed by atoms with Crippen LogP contribution in [-0.2, 0) is 9.59 Å². The second-order valence-corrected chi connectivity index (χ2v) is 4.59. The SMILES string of the molecule is CCC(CC)(NC(=O)[C@H]1CCCCN1)C(=O)O. The molecule has 1 rings (SSSR count). The third kappa shape index (κ3) is 3.19. The number of carboxylic acids is 1. The predicted molar refractivity (Wildman–Crippen MR) is 64.7 cm³/mol. The Labute approximate surface area is 102 Å². The average Bonchev–Trinajstić information content (AvgIpc) is 2.36. The Bertz CT molecular complexity index is 281. The van der Waals surface area contributed by atoms with E-state index in [9.17, 15) is 14.7 Å². The molecule has 1 saturated heterocycles. The van der Waals surface area contributed by atoms with Crippen LogP contribution in [0.1, 0.15) is 46.0 Å². The van der Waals surface area contributed by atoms with E-state index in [0.717, 1.165) is 25.8 Å². The van der Waals surface area contributed by atoms with Crippen LogP contribution in [0, 0.1) is 0 Å². The van der Waals surface area contributed by atoms with Crippen molar-refractivity contribution in [3.8, 4) is 0 Å². The van der Waals surface area contributed by atoms with Gasteiger partial charge in [0.15, 0.2) is 0 Å². The fourth-order valence-electron chi connectivity index (χ4n) is 2.18. The van der Waals surface area contributed by atoms with Gasteiger partial charge in [-0.1, -0.05) is 20.3 Å². The number of carboxylic acid groups (broad SMARTS) is 1. The zero-order valence-corrected chi connectivity index (χ0v) is 10.6. The molecule has 5 nitrogen and oxygen atoms in total. The third-order valence-electron chi connectivity index (χ3n) is 3.61. The second kappa shape index (κ2) is 6.00. The van der Waals surface area contributed by atoms with E-state index >= 15 is 0 Å². The topological polar surface area (TPSA) is 78.4 Å². The molecule has 0 aromatic heterocycles. The molecule has 5 heteroatoms. The first-order valence-electron chi connectivity index (χ1n) is 6.34. The van der Waals surface area contributed by atoms with Crippen LogP contribution in [-0.4, -0.2) is 35.1 Å². The molecule has 1 fully saturated rings. The quantitative estimate of drug-likeness (QED) is 0.669. The van der Waals surface area contributed by atoms with Crippen LogP contribution in [0.3, 0.4) is 0 Å². The van der Waals surface area contributed by atoms with Gasteiger partial charge in [0.2, 0.25) is 5.91 Å². The highest BCUT2D eigenvalue weighted by Crippen LogP contribution is 2.17. The first kappa shape index (κ1) is 14.0. The van der Waals surface area contributed by atoms with Gasteiger partial charge in [0.25, 0.3) is 0 Å². The van der Waals surface area contributed by atoms with E-state index in [0.29, 0.717) is 12.8 Å². The van der Waals surface area contributed by atoms with E-state index in [2.05, 4.69) is 10.6 Å². The van der Waals surface area contributed by atoms with E-state index in [1.165, 1.54) is 0 Å². The molecule has 0 radical (unpaired) electrons. The highest BCUT2D eigenvalue weighted by Gasteiger charge is 2.38. The first-order chi connectivity index (χ1) is 8.05. The molecule has 1 atom stereocenters. The lowest BCUT2D eigenvalue weighted by Gasteiger charge is -2.31. The molecule has 0 saturated carbocycles. The van der Waals surface area contributed by atoms with Crippen LogP contribution in [0.4, 0.5) is 0 Å². The summed E-state index contributed by atoms with van der Waals surface area (Å²) in [4.78, 5) is 23.3. The van der Waals surface area contributed by atoms with Gasteiger partial charge in [-0.3, -0.25) is 4.79 Å². The number of carbonyl (C=O) groups is 2. The number of nitrogens with one attached hydrogen (secondary N) is 2. The summed E-state index contributed by atoms with van der Waals surface area (Å²) in [5.41, 5.74) is -1.11. The highest BCUT2D eigenvalue weighted by atomic mass is 16.4. The summed E-state index contributed by atoms with van der Waals surface area (Å²) in [5.74, 6) is -1.14. The fraction of sp³-hybridized carbons (Fsp3) is 0.833. The molecule has 0 unspecified atom stereocenters. The minimum absolute atomic E-state index is 0.184. The standard InChI is InChI=1S/C12H22N2O3/c1-3-12(4-2,11(16)17)14-10(15)9-7-5-6-8-13-9/h9,13H,3-8H2,1-2H3,(H,14,15)(H,16,17)/t9-/m1/s1. The smallest absolute Gasteiger partial charge is 0.329 e. The molecular formula is C12H22N2O3. The van der Waals surface area contributed by atoms with Gasteiger partial charge in [-0.25, -0.2) is 4.79 Å². The number of aliphatic carboxylic acids is 1. The molecule has 0 aromatic rings. The molecule has 0 aromatic carbocycles. The van der Waals surface area contributed by atoms with E-state index < -0.39 is 11.5 Å². The molecule has 3 N–H and O–H groups in total. The van der Waals surface area contributed by atoms with Crippen LogP contribution in [0.15, 0.2) is 0 Å². The molecule has 0 spiro atoms. The summed E-state index contributed by atoms with van der Waals surface area (Å²) in [6.45, 7) is 4.40. The van der Waals surface area contributed by atoms with Gasteiger partial charge >= 0.3 is 5.97 Å². The van der Waals surface area contributed by atoms with Crippen LogP contribution in [0.25, 0.3) is 0 Å². The van der Waals surface area contributed by atoms with Crippen molar-refractivity contribution in [3.05, 3.63) is 0 Å². The number of hydrogen-bond acceptors (Lipinski definition) is 3. The van der Waals surface area contributed by atoms with Crippen molar-refractivity contribution < 1.29 is 14.7 Å². The molecule has 1 aliphatic rings. The number of amides is 1. The summed E-state index contributed by atoms with van der Waals surface area (Å²) in [6, 6.07) is -0.236. The minimum Gasteiger partial charge on any atom is -0.480 e. The van der Waals surface area contributed by atoms with Crippen LogP contribution in [0.2, 0.25) is 0 Å². The van der Waals surface area contributed by atoms with Gasteiger partial charge in [-0.2, -0.15) is 0 Å². The van der Waals surface area contributed by atoms with Crippen LogP contribution < -0.4 is 10.6 Å². The largest absolute Gasteiger partial charge is 0.480 e. The van der Waals surface area contributed by atoms with Crippen molar-refractivity contribution in [1.82, 2.24) is 10.6 Å². The number of piperidine rings is 1. The van der Waals surface area contributed by atoms with Crippen molar-refractivity contribution in [3.63, 3.8) is 0 Å². The summed E-state index contributed by atoms with van der Waals surface area (Å²) >= 11 is 0. The maximum absolute atomic E-state index is 12.0. The predicted octanol–water partition coefficient (Wildman–Crippen LogP) is 0.888. The fourth-order valence-corrected chi connectivity index (χ4v) is 2.18. The lowest BCUT2D eigenvalue weighted by atomic mass is 9.92. The molecule has 98 valence electrons. The first-order valence-corrected chi connectivity index (χ1v) is 6.34. The third-order valence-corrected chi connectivity index (χ3v) is 3.61. The Kier molecular flexibility index (Phi) is 4.93. The summed E-state index contributed by atoms with van der Waals surface area (Å²) in [7, 11) is 0. The normalized spacial score (nSPS) is 20.9. The number of rotatable bonds is 5. The monoisotopic (exact) mass is 242 g/mol. The number of carbonyl (C=O) groups excluding carboxylic acids is 1. The Hall–Kier alpha value is -1.10. The summed E-state index contributed by atoms with van der Waals surface area (Å²) in [6.07, 6.45) is 3.68. The molecule has 0 aliphatic carbocycles. The Balaban J connectivity index is 2.66. The molecule has 17 heavy (non-hydrogen) atoms. The van der Waals surface area contributed by atoms with Gasteiger partial charge in [-0.05, 0) is 32.2 Å². The Morgan fingerprint density at radius 3 is 2.41 bits per heavy atom. The van der Waals surface area contributed by atoms with Gasteiger partial charge < -0.3 is 15.7 Å². The average molecular weight is 242 g/mol. The maximum atomic E-state index is 12.0. The Morgan fingerprint density at radius 2 is 2.00 bits per heavy atom. The molecule has 1 amide bonds. The van der Waals surface area contributed by atoms with E-state index in [-0.39, 0.29) is 11.9 Å². The lowest BCUT2D eigenvalue weighted by molar-refractivity contribution is -0.148. The molecular weight excluding hydrogens is 220 g/mol. The van der Waals surface area contributed by atoms with Crippen LogP contribution >= 0.6 is 0 Å². The zero-order valence-electron chi connectivity index (χ0n) is 10.6. The lowest BCUT2D eigenvalue weighted by Crippen LogP contribution is -2.58. The van der Waals surface area contributed by atoms with E-state index in [1.807, 2.05) is 0 Å². The van der Waals surface area contributed by atoms with Crippen LogP contribution in [0.5, 0.6) is 0 Å². The van der Waals surface area contributed by atoms with Gasteiger partial charge in [0.05, 0.1) is 6.04 Å². The van der Waals surface area contributed by atoms with E-state index in [1.54, 1.807) is 13.8 Å². The van der Waals surface area contributed by atoms with Gasteiger partial charge in [0.1, 0.15) is 5.54 Å². The molecule has 1 aliphatic heterocycles. The minimum atomic E-state index is -1.11. The summed E-state index contributed by atoms with van der Waals surface area (Å²) < 4.78 is 0. The Morgan fingerprint density at radius 1 is 1.35 bits per heavy atom. The second-order valence-electron chi connectivity index (χ2n) is 4.59. The van der Waals surface area contributed by atoms with Gasteiger partial charge in [-0.15, -0.1) is 0 Å². The van der Waals surface area contributed by atoms with Crippen molar-refractivity contribution in [2.45, 2.75) is 57.5 Å². The zero-order chi connectivity index (χ0) is 12.9.